The van der Waals surface area contributed by atoms with E-state index < -0.39 is 6.04 Å². The van der Waals surface area contributed by atoms with Crippen molar-refractivity contribution in [3.63, 3.8) is 0 Å². The highest BCUT2D eigenvalue weighted by molar-refractivity contribution is 7.80. The maximum atomic E-state index is 11.1. The van der Waals surface area contributed by atoms with E-state index in [9.17, 15) is 4.79 Å². The Bertz CT molecular complexity index is 141. The third kappa shape index (κ3) is 4.02. The Morgan fingerprint density at radius 3 is 2.42 bits per heavy atom. The monoisotopic (exact) mass is 189 g/mol. The summed E-state index contributed by atoms with van der Waals surface area (Å²) in [5.41, 5.74) is 5.42. The number of carbonyl (C=O) groups excluding carboxylic acids is 1. The molecule has 0 aliphatic heterocycles. The molecular formula is C7H16BNO2S. The Labute approximate surface area is 79.6 Å². The summed E-state index contributed by atoms with van der Waals surface area (Å²) in [6, 6.07) is -0.589. The Kier molecular flexibility index (Phi) is 6.29. The van der Waals surface area contributed by atoms with E-state index in [4.69, 9.17) is 10.4 Å². The molecule has 3 nitrogen and oxygen atoms in total. The summed E-state index contributed by atoms with van der Waals surface area (Å²) in [5, 5.41) is 0. The van der Waals surface area contributed by atoms with Crippen LogP contribution in [-0.4, -0.2) is 24.7 Å². The average molecular weight is 189 g/mol. The van der Waals surface area contributed by atoms with E-state index in [0.29, 0.717) is 5.75 Å². The molecule has 0 fully saturated rings. The Morgan fingerprint density at radius 1 is 1.58 bits per heavy atom. The van der Waals surface area contributed by atoms with Gasteiger partial charge < -0.3 is 10.4 Å². The standard InChI is InChI=1S/C7H16BNO2S/c1-3-8(4-2)11-7(10)6(9)5-12/h6,12H,3-5,9H2,1-2H3/t6-/m0/s1. The van der Waals surface area contributed by atoms with E-state index in [0.717, 1.165) is 12.6 Å². The molecule has 0 aliphatic rings. The highest BCUT2D eigenvalue weighted by Gasteiger charge is 2.19. The molecule has 0 saturated heterocycles. The van der Waals surface area contributed by atoms with Gasteiger partial charge in [0.1, 0.15) is 6.04 Å². The van der Waals surface area contributed by atoms with Crippen molar-refractivity contribution in [2.45, 2.75) is 32.5 Å². The lowest BCUT2D eigenvalue weighted by Gasteiger charge is -2.13. The van der Waals surface area contributed by atoms with Crippen LogP contribution in [0.2, 0.25) is 12.6 Å². The van der Waals surface area contributed by atoms with Crippen LogP contribution in [0.5, 0.6) is 0 Å². The first-order valence-electron chi connectivity index (χ1n) is 4.22. The molecule has 0 aromatic heterocycles. The van der Waals surface area contributed by atoms with Crippen LogP contribution in [0.4, 0.5) is 0 Å². The fourth-order valence-electron chi connectivity index (χ4n) is 0.782. The highest BCUT2D eigenvalue weighted by atomic mass is 32.1. The van der Waals surface area contributed by atoms with Gasteiger partial charge in [0, 0.05) is 5.75 Å². The van der Waals surface area contributed by atoms with E-state index in [-0.39, 0.29) is 12.9 Å². The molecule has 0 spiro atoms. The minimum atomic E-state index is -0.589. The highest BCUT2D eigenvalue weighted by Crippen LogP contribution is 2.01. The summed E-state index contributed by atoms with van der Waals surface area (Å²) in [7, 11) is 0. The zero-order valence-corrected chi connectivity index (χ0v) is 8.51. The number of rotatable bonds is 5. The molecule has 2 N–H and O–H groups in total. The number of nitrogens with two attached hydrogens (primary N) is 1. The van der Waals surface area contributed by atoms with Crippen molar-refractivity contribution >= 4 is 25.5 Å². The van der Waals surface area contributed by atoms with Crippen LogP contribution in [-0.2, 0) is 9.45 Å². The molecule has 0 aromatic rings. The van der Waals surface area contributed by atoms with Crippen molar-refractivity contribution in [1.82, 2.24) is 0 Å². The predicted octanol–water partition coefficient (Wildman–Crippen LogP) is 0.818. The molecular weight excluding hydrogens is 173 g/mol. The van der Waals surface area contributed by atoms with Crippen LogP contribution in [0.25, 0.3) is 0 Å². The van der Waals surface area contributed by atoms with Crippen molar-refractivity contribution in [2.75, 3.05) is 5.75 Å². The van der Waals surface area contributed by atoms with Crippen LogP contribution in [0.3, 0.4) is 0 Å². The first-order valence-corrected chi connectivity index (χ1v) is 4.85. The molecule has 5 heteroatoms. The summed E-state index contributed by atoms with van der Waals surface area (Å²) in [6.45, 7) is 3.96. The van der Waals surface area contributed by atoms with Gasteiger partial charge in [0.2, 0.25) is 0 Å². The SMILES string of the molecule is CCB(CC)OC(=O)[C@@H](N)CS. The molecule has 1 atom stereocenters. The lowest BCUT2D eigenvalue weighted by Crippen LogP contribution is -2.37. The average Bonchev–Trinajstić information content (AvgIpc) is 2.12. The number of carbonyl (C=O) groups is 1. The van der Waals surface area contributed by atoms with Crippen LogP contribution >= 0.6 is 12.6 Å². The van der Waals surface area contributed by atoms with E-state index >= 15 is 0 Å². The maximum absolute atomic E-state index is 11.1. The van der Waals surface area contributed by atoms with Crippen LogP contribution in [0.1, 0.15) is 13.8 Å². The molecule has 0 aromatic carbocycles. The number of hydrogen-bond acceptors (Lipinski definition) is 4. The van der Waals surface area contributed by atoms with Gasteiger partial charge in [-0.2, -0.15) is 12.6 Å². The smallest absolute Gasteiger partial charge is 0.361 e. The van der Waals surface area contributed by atoms with Gasteiger partial charge in [-0.05, 0) is 12.6 Å². The van der Waals surface area contributed by atoms with Gasteiger partial charge in [-0.15, -0.1) is 0 Å². The topological polar surface area (TPSA) is 52.3 Å². The number of hydrogen-bond donors (Lipinski definition) is 2. The van der Waals surface area contributed by atoms with Crippen LogP contribution < -0.4 is 5.73 Å². The van der Waals surface area contributed by atoms with Gasteiger partial charge in [0.05, 0.1) is 0 Å². The summed E-state index contributed by atoms with van der Waals surface area (Å²) in [4.78, 5) is 11.1. The molecule has 0 aliphatic carbocycles. The minimum absolute atomic E-state index is 0.00318. The summed E-state index contributed by atoms with van der Waals surface area (Å²) in [5.74, 6) is -0.0161. The third-order valence-electron chi connectivity index (χ3n) is 1.69. The Balaban J connectivity index is 3.81. The van der Waals surface area contributed by atoms with Gasteiger partial charge in [-0.1, -0.05) is 13.8 Å². The predicted molar refractivity (Wildman–Crippen MR) is 54.6 cm³/mol. The molecule has 0 saturated carbocycles. The van der Waals surface area contributed by atoms with E-state index in [1.165, 1.54) is 0 Å². The first-order chi connectivity index (χ1) is 5.65. The second-order valence-electron chi connectivity index (χ2n) is 2.66. The first kappa shape index (κ1) is 11.8. The largest absolute Gasteiger partial charge is 0.535 e. The molecule has 0 unspecified atom stereocenters. The van der Waals surface area contributed by atoms with Gasteiger partial charge in [-0.25, -0.2) is 0 Å². The van der Waals surface area contributed by atoms with Crippen molar-refractivity contribution in [1.29, 1.82) is 0 Å². The zero-order chi connectivity index (χ0) is 9.56. The van der Waals surface area contributed by atoms with Crippen molar-refractivity contribution in [3.05, 3.63) is 0 Å². The zero-order valence-electron chi connectivity index (χ0n) is 7.62. The number of thiol groups is 1. The normalized spacial score (nSPS) is 12.3. The molecule has 12 heavy (non-hydrogen) atoms. The van der Waals surface area contributed by atoms with Gasteiger partial charge in [0.15, 0.2) is 0 Å². The quantitative estimate of drug-likeness (QED) is 0.497. The molecule has 0 radical (unpaired) electrons. The molecule has 0 rings (SSSR count). The summed E-state index contributed by atoms with van der Waals surface area (Å²) < 4.78 is 5.09. The molecule has 0 bridgehead atoms. The maximum Gasteiger partial charge on any atom is 0.361 e. The van der Waals surface area contributed by atoms with E-state index in [1.54, 1.807) is 0 Å². The van der Waals surface area contributed by atoms with E-state index in [1.807, 2.05) is 13.8 Å². The van der Waals surface area contributed by atoms with Gasteiger partial charge >= 0.3 is 12.9 Å². The fraction of sp³-hybridized carbons (Fsp3) is 0.857. The second-order valence-corrected chi connectivity index (χ2v) is 3.03. The third-order valence-corrected chi connectivity index (χ3v) is 2.09. The Hall–Kier alpha value is -0.155. The van der Waals surface area contributed by atoms with Crippen molar-refractivity contribution in [3.8, 4) is 0 Å². The van der Waals surface area contributed by atoms with Gasteiger partial charge in [-0.3, -0.25) is 4.79 Å². The summed E-state index contributed by atoms with van der Waals surface area (Å²) in [6.07, 6.45) is 1.67. The minimum Gasteiger partial charge on any atom is -0.535 e. The molecule has 0 heterocycles. The second kappa shape index (κ2) is 6.37. The lowest BCUT2D eigenvalue weighted by molar-refractivity contribution is -0.135. The van der Waals surface area contributed by atoms with Crippen molar-refractivity contribution in [2.24, 2.45) is 5.73 Å². The van der Waals surface area contributed by atoms with Crippen molar-refractivity contribution < 1.29 is 9.45 Å². The van der Waals surface area contributed by atoms with Gasteiger partial charge in [0.25, 0.3) is 0 Å². The molecule has 70 valence electrons. The Morgan fingerprint density at radius 2 is 2.08 bits per heavy atom. The fourth-order valence-corrected chi connectivity index (χ4v) is 0.931. The molecule has 0 amide bonds. The van der Waals surface area contributed by atoms with Crippen LogP contribution in [0.15, 0.2) is 0 Å². The lowest BCUT2D eigenvalue weighted by atomic mass is 9.62. The van der Waals surface area contributed by atoms with Crippen LogP contribution in [0, 0.1) is 0 Å². The van der Waals surface area contributed by atoms with E-state index in [2.05, 4.69) is 12.6 Å². The summed E-state index contributed by atoms with van der Waals surface area (Å²) >= 11 is 3.91.